The van der Waals surface area contributed by atoms with Crippen LogP contribution in [0.25, 0.3) is 103 Å². The predicted molar refractivity (Wildman–Crippen MR) is 209 cm³/mol. The highest BCUT2D eigenvalue weighted by Crippen LogP contribution is 2.54. The molecule has 0 saturated heterocycles. The maximum absolute atomic E-state index is 2.56. The number of para-hydroxylation sites is 1. The summed E-state index contributed by atoms with van der Waals surface area (Å²) in [7, 11) is 0. The van der Waals surface area contributed by atoms with E-state index in [1.165, 1.54) is 114 Å². The summed E-state index contributed by atoms with van der Waals surface area (Å²) < 4.78 is 5.28. The van der Waals surface area contributed by atoms with Crippen molar-refractivity contribution in [1.82, 2.24) is 4.57 Å². The van der Waals surface area contributed by atoms with Crippen molar-refractivity contribution in [3.63, 3.8) is 0 Å². The molecule has 0 spiro atoms. The molecule has 226 valence electrons. The molecule has 0 aliphatic heterocycles. The van der Waals surface area contributed by atoms with Gasteiger partial charge in [-0.3, -0.25) is 0 Å². The van der Waals surface area contributed by atoms with E-state index in [1.807, 2.05) is 11.3 Å². The van der Waals surface area contributed by atoms with Gasteiger partial charge in [0.2, 0.25) is 0 Å². The SMILES string of the molecule is c1cc(-c2ccc3c4c(cccc24)-c2ccccc2-3)cc(-n2c3ccccc3c3c4c(c5c6ccccc6sc5c32)-c2ccccc2C4)c1. The van der Waals surface area contributed by atoms with Crippen molar-refractivity contribution in [2.45, 2.75) is 6.42 Å². The van der Waals surface area contributed by atoms with Crippen molar-refractivity contribution in [1.29, 1.82) is 0 Å². The predicted octanol–water partition coefficient (Wildman–Crippen LogP) is 13.2. The first kappa shape index (κ1) is 26.0. The lowest BCUT2D eigenvalue weighted by Gasteiger charge is -2.14. The Morgan fingerprint density at radius 3 is 2.04 bits per heavy atom. The Hall–Kier alpha value is -5.96. The Morgan fingerprint density at radius 1 is 0.469 bits per heavy atom. The molecule has 0 fully saturated rings. The third-order valence-corrected chi connectivity index (χ3v) is 12.3. The highest BCUT2D eigenvalue weighted by atomic mass is 32.1. The number of fused-ring (bicyclic) bond motifs is 15. The summed E-state index contributed by atoms with van der Waals surface area (Å²) in [6.07, 6.45) is 0.958. The van der Waals surface area contributed by atoms with Crippen LogP contribution in [0.1, 0.15) is 11.1 Å². The number of benzene rings is 8. The van der Waals surface area contributed by atoms with E-state index in [-0.39, 0.29) is 0 Å². The molecule has 2 aliphatic carbocycles. The largest absolute Gasteiger partial charge is 0.308 e. The molecule has 8 aromatic carbocycles. The summed E-state index contributed by atoms with van der Waals surface area (Å²) in [4.78, 5) is 0. The smallest absolute Gasteiger partial charge is 0.0723 e. The van der Waals surface area contributed by atoms with E-state index in [2.05, 4.69) is 156 Å². The van der Waals surface area contributed by atoms with Crippen LogP contribution in [0.3, 0.4) is 0 Å². The Labute approximate surface area is 286 Å². The molecule has 2 aliphatic rings. The molecule has 0 unspecified atom stereocenters. The fraction of sp³-hybridized carbons (Fsp3) is 0.0213. The summed E-state index contributed by atoms with van der Waals surface area (Å²) in [6, 6.07) is 56.6. The first-order valence-corrected chi connectivity index (χ1v) is 17.9. The van der Waals surface area contributed by atoms with Crippen LogP contribution in [-0.2, 0) is 6.42 Å². The van der Waals surface area contributed by atoms with Crippen LogP contribution in [0.15, 0.2) is 152 Å². The van der Waals surface area contributed by atoms with Crippen LogP contribution < -0.4 is 0 Å². The second kappa shape index (κ2) is 9.35. The second-order valence-electron chi connectivity index (χ2n) is 13.6. The van der Waals surface area contributed by atoms with Gasteiger partial charge in [0.25, 0.3) is 0 Å². The molecular formula is C47H27NS. The number of hydrogen-bond acceptors (Lipinski definition) is 1. The van der Waals surface area contributed by atoms with E-state index in [0.29, 0.717) is 0 Å². The summed E-state index contributed by atoms with van der Waals surface area (Å²) in [5.41, 5.74) is 17.4. The summed E-state index contributed by atoms with van der Waals surface area (Å²) >= 11 is 1.94. The molecule has 0 saturated carbocycles. The average Bonchev–Trinajstić information content (AvgIpc) is 3.91. The molecule has 0 N–H and O–H groups in total. The lowest BCUT2D eigenvalue weighted by atomic mass is 9.94. The van der Waals surface area contributed by atoms with Gasteiger partial charge in [-0.05, 0) is 97.1 Å². The van der Waals surface area contributed by atoms with Crippen LogP contribution in [-0.4, -0.2) is 4.57 Å². The Balaban J connectivity index is 1.18. The summed E-state index contributed by atoms with van der Waals surface area (Å²) in [5, 5.41) is 8.17. The van der Waals surface area contributed by atoms with Gasteiger partial charge in [-0.1, -0.05) is 127 Å². The van der Waals surface area contributed by atoms with Gasteiger partial charge in [0.1, 0.15) is 0 Å². The van der Waals surface area contributed by atoms with Gasteiger partial charge in [-0.15, -0.1) is 11.3 Å². The maximum Gasteiger partial charge on any atom is 0.0723 e. The third-order valence-electron chi connectivity index (χ3n) is 11.2. The average molecular weight is 638 g/mol. The third kappa shape index (κ3) is 3.29. The maximum atomic E-state index is 2.56. The lowest BCUT2D eigenvalue weighted by Crippen LogP contribution is -1.95. The van der Waals surface area contributed by atoms with Gasteiger partial charge >= 0.3 is 0 Å². The lowest BCUT2D eigenvalue weighted by molar-refractivity contribution is 1.19. The van der Waals surface area contributed by atoms with Crippen molar-refractivity contribution in [3.8, 4) is 50.2 Å². The molecular weight excluding hydrogens is 611 g/mol. The normalized spacial score (nSPS) is 12.8. The van der Waals surface area contributed by atoms with E-state index in [9.17, 15) is 0 Å². The Kier molecular flexibility index (Phi) is 4.97. The van der Waals surface area contributed by atoms with Crippen molar-refractivity contribution in [2.75, 3.05) is 0 Å². The molecule has 2 heterocycles. The first-order valence-electron chi connectivity index (χ1n) is 17.1. The van der Waals surface area contributed by atoms with E-state index >= 15 is 0 Å². The van der Waals surface area contributed by atoms with Gasteiger partial charge in [-0.25, -0.2) is 0 Å². The quantitative estimate of drug-likeness (QED) is 0.178. The topological polar surface area (TPSA) is 4.93 Å². The molecule has 10 aromatic rings. The standard InChI is InChI=1S/C47H27NS/c1-2-14-31-28(11-1)26-39-43(31)45-38-18-6-8-22-41(38)49-47(45)46-44(39)37-17-5-7-21-40(37)48(46)29-13-9-12-27(25-29)30-23-24-36-33-16-4-3-15-32(33)35-20-10-19-34(30)42(35)36/h1-25H,26H2. The fourth-order valence-electron chi connectivity index (χ4n) is 9.22. The minimum Gasteiger partial charge on any atom is -0.308 e. The van der Waals surface area contributed by atoms with Gasteiger partial charge in [-0.2, -0.15) is 0 Å². The van der Waals surface area contributed by atoms with Crippen LogP contribution in [0.5, 0.6) is 0 Å². The molecule has 12 rings (SSSR count). The van der Waals surface area contributed by atoms with Gasteiger partial charge in [0.05, 0.1) is 15.7 Å². The Bertz CT molecular complexity index is 3050. The highest BCUT2D eigenvalue weighted by Gasteiger charge is 2.30. The molecule has 0 amide bonds. The minimum absolute atomic E-state index is 0.958. The van der Waals surface area contributed by atoms with E-state index in [4.69, 9.17) is 0 Å². The van der Waals surface area contributed by atoms with Crippen molar-refractivity contribution in [2.24, 2.45) is 0 Å². The van der Waals surface area contributed by atoms with Gasteiger partial charge in [0.15, 0.2) is 0 Å². The van der Waals surface area contributed by atoms with Gasteiger partial charge in [0, 0.05) is 31.9 Å². The monoisotopic (exact) mass is 637 g/mol. The van der Waals surface area contributed by atoms with Crippen LogP contribution in [0.2, 0.25) is 0 Å². The first-order chi connectivity index (χ1) is 24.3. The van der Waals surface area contributed by atoms with Crippen LogP contribution in [0.4, 0.5) is 0 Å². The van der Waals surface area contributed by atoms with Crippen LogP contribution in [0, 0.1) is 0 Å². The van der Waals surface area contributed by atoms with E-state index < -0.39 is 0 Å². The number of hydrogen-bond donors (Lipinski definition) is 0. The molecule has 0 bridgehead atoms. The molecule has 0 radical (unpaired) electrons. The van der Waals surface area contributed by atoms with Crippen molar-refractivity contribution < 1.29 is 0 Å². The molecule has 2 heteroatoms. The van der Waals surface area contributed by atoms with Gasteiger partial charge < -0.3 is 4.57 Å². The molecule has 1 nitrogen and oxygen atoms in total. The van der Waals surface area contributed by atoms with Crippen molar-refractivity contribution >= 4 is 64.1 Å². The van der Waals surface area contributed by atoms with Crippen LogP contribution >= 0.6 is 11.3 Å². The van der Waals surface area contributed by atoms with E-state index in [0.717, 1.165) is 6.42 Å². The minimum atomic E-state index is 0.958. The second-order valence-corrected chi connectivity index (χ2v) is 14.6. The molecule has 2 aromatic heterocycles. The number of aromatic nitrogens is 1. The Morgan fingerprint density at radius 2 is 1.14 bits per heavy atom. The zero-order valence-electron chi connectivity index (χ0n) is 26.5. The fourth-order valence-corrected chi connectivity index (χ4v) is 10.5. The summed E-state index contributed by atoms with van der Waals surface area (Å²) in [6.45, 7) is 0. The number of rotatable bonds is 2. The zero-order valence-corrected chi connectivity index (χ0v) is 27.3. The molecule has 0 atom stereocenters. The highest BCUT2D eigenvalue weighted by molar-refractivity contribution is 7.26. The van der Waals surface area contributed by atoms with E-state index in [1.54, 1.807) is 0 Å². The molecule has 49 heavy (non-hydrogen) atoms. The number of nitrogens with zero attached hydrogens (tertiary/aromatic N) is 1. The summed E-state index contributed by atoms with van der Waals surface area (Å²) in [5.74, 6) is 0. The number of thiophene rings is 1. The van der Waals surface area contributed by atoms with Crippen molar-refractivity contribution in [3.05, 3.63) is 163 Å². The zero-order chi connectivity index (χ0) is 31.8.